The molecule has 21 heavy (non-hydrogen) atoms. The fourth-order valence-electron chi connectivity index (χ4n) is 2.12. The summed E-state index contributed by atoms with van der Waals surface area (Å²) in [7, 11) is -1.56. The molecule has 0 amide bonds. The summed E-state index contributed by atoms with van der Waals surface area (Å²) in [5.41, 5.74) is 0.902. The van der Waals surface area contributed by atoms with Gasteiger partial charge in [-0.05, 0) is 36.6 Å². The normalized spacial score (nSPS) is 11.8. The van der Waals surface area contributed by atoms with Crippen LogP contribution in [-0.4, -0.2) is 22.0 Å². The van der Waals surface area contributed by atoms with Crippen molar-refractivity contribution in [3.05, 3.63) is 24.3 Å². The molecule has 0 atom stereocenters. The van der Waals surface area contributed by atoms with Gasteiger partial charge in [0.2, 0.25) is 10.0 Å². The van der Waals surface area contributed by atoms with E-state index in [9.17, 15) is 8.42 Å². The zero-order valence-electron chi connectivity index (χ0n) is 13.4. The number of nitrogens with one attached hydrogen (secondary N) is 2. The van der Waals surface area contributed by atoms with Gasteiger partial charge in [0.25, 0.3) is 0 Å². The second-order valence-corrected chi connectivity index (χ2v) is 7.54. The first kappa shape index (κ1) is 18.0. The summed E-state index contributed by atoms with van der Waals surface area (Å²) < 4.78 is 26.8. The van der Waals surface area contributed by atoms with Gasteiger partial charge in [-0.25, -0.2) is 13.1 Å². The summed E-state index contributed by atoms with van der Waals surface area (Å²) >= 11 is 0. The fourth-order valence-corrected chi connectivity index (χ4v) is 3.20. The molecule has 0 spiro atoms. The van der Waals surface area contributed by atoms with E-state index in [4.69, 9.17) is 0 Å². The molecule has 1 aromatic rings. The number of hydrogen-bond acceptors (Lipinski definition) is 3. The third kappa shape index (κ3) is 6.96. The zero-order valence-corrected chi connectivity index (χ0v) is 14.2. The Morgan fingerprint density at radius 2 is 1.62 bits per heavy atom. The Bertz CT molecular complexity index is 496. The van der Waals surface area contributed by atoms with E-state index >= 15 is 0 Å². The third-order valence-corrected chi connectivity index (χ3v) is 4.93. The van der Waals surface area contributed by atoms with Crippen LogP contribution >= 0.6 is 0 Å². The lowest BCUT2D eigenvalue weighted by Gasteiger charge is -2.08. The lowest BCUT2D eigenvalue weighted by atomic mass is 10.0. The van der Waals surface area contributed by atoms with E-state index in [1.165, 1.54) is 19.3 Å². The minimum Gasteiger partial charge on any atom is -0.388 e. The van der Waals surface area contributed by atoms with Crippen molar-refractivity contribution < 1.29 is 8.42 Å². The van der Waals surface area contributed by atoms with Gasteiger partial charge >= 0.3 is 0 Å². The second-order valence-electron chi connectivity index (χ2n) is 5.77. The van der Waals surface area contributed by atoms with Gasteiger partial charge in [-0.1, -0.05) is 39.5 Å². The number of unbranched alkanes of at least 4 members (excludes halogenated alkanes) is 3. The standard InChI is InChI=1S/C16H28N2O2S/c1-14(2)8-6-4-5-7-13-18-21(19,20)16-11-9-15(17-3)10-12-16/h9-12,14,17-18H,4-8,13H2,1-3H3. The molecule has 0 fully saturated rings. The van der Waals surface area contributed by atoms with Crippen molar-refractivity contribution in [3.8, 4) is 0 Å². The molecular formula is C16H28N2O2S. The summed E-state index contributed by atoms with van der Waals surface area (Å²) in [6, 6.07) is 6.77. The predicted molar refractivity (Wildman–Crippen MR) is 89.1 cm³/mol. The molecule has 0 saturated heterocycles. The smallest absolute Gasteiger partial charge is 0.240 e. The van der Waals surface area contributed by atoms with Gasteiger partial charge in [0, 0.05) is 19.3 Å². The highest BCUT2D eigenvalue weighted by Gasteiger charge is 2.12. The first-order valence-corrected chi connectivity index (χ1v) is 9.21. The molecule has 120 valence electrons. The molecule has 0 radical (unpaired) electrons. The maximum absolute atomic E-state index is 12.1. The molecule has 1 aromatic carbocycles. The Balaban J connectivity index is 2.29. The van der Waals surface area contributed by atoms with Crippen LogP contribution in [0, 0.1) is 5.92 Å². The Hall–Kier alpha value is -1.07. The molecule has 1 rings (SSSR count). The van der Waals surface area contributed by atoms with E-state index < -0.39 is 10.0 Å². The number of anilines is 1. The lowest BCUT2D eigenvalue weighted by molar-refractivity contribution is 0.517. The van der Waals surface area contributed by atoms with Crippen LogP contribution in [0.1, 0.15) is 46.0 Å². The molecule has 0 aliphatic heterocycles. The first-order valence-electron chi connectivity index (χ1n) is 7.73. The van der Waals surface area contributed by atoms with E-state index in [-0.39, 0.29) is 0 Å². The van der Waals surface area contributed by atoms with Gasteiger partial charge in [-0.15, -0.1) is 0 Å². The van der Waals surface area contributed by atoms with E-state index in [2.05, 4.69) is 23.9 Å². The van der Waals surface area contributed by atoms with Gasteiger partial charge in [0.1, 0.15) is 0 Å². The van der Waals surface area contributed by atoms with Crippen molar-refractivity contribution in [3.63, 3.8) is 0 Å². The molecule has 4 nitrogen and oxygen atoms in total. The molecule has 0 aliphatic carbocycles. The summed E-state index contributed by atoms with van der Waals surface area (Å²) in [6.07, 6.45) is 5.63. The Labute approximate surface area is 129 Å². The van der Waals surface area contributed by atoms with E-state index in [1.807, 2.05) is 0 Å². The second kappa shape index (κ2) is 9.05. The largest absolute Gasteiger partial charge is 0.388 e. The van der Waals surface area contributed by atoms with Crippen molar-refractivity contribution in [1.29, 1.82) is 0 Å². The maximum Gasteiger partial charge on any atom is 0.240 e. The average molecular weight is 312 g/mol. The maximum atomic E-state index is 12.1. The van der Waals surface area contributed by atoms with Crippen LogP contribution in [0.4, 0.5) is 5.69 Å². The molecular weight excluding hydrogens is 284 g/mol. The Morgan fingerprint density at radius 1 is 1.00 bits per heavy atom. The van der Waals surface area contributed by atoms with Gasteiger partial charge in [-0.2, -0.15) is 0 Å². The average Bonchev–Trinajstić information content (AvgIpc) is 2.46. The number of hydrogen-bond donors (Lipinski definition) is 2. The van der Waals surface area contributed by atoms with E-state index in [1.54, 1.807) is 31.3 Å². The highest BCUT2D eigenvalue weighted by molar-refractivity contribution is 7.89. The van der Waals surface area contributed by atoms with Crippen LogP contribution in [0.2, 0.25) is 0 Å². The molecule has 5 heteroatoms. The molecule has 0 aromatic heterocycles. The van der Waals surface area contributed by atoms with Crippen molar-refractivity contribution in [2.45, 2.75) is 50.8 Å². The SMILES string of the molecule is CNc1ccc(S(=O)(=O)NCCCCCCC(C)C)cc1. The summed E-state index contributed by atoms with van der Waals surface area (Å²) in [4.78, 5) is 0.321. The van der Waals surface area contributed by atoms with E-state index in [0.717, 1.165) is 24.4 Å². The lowest BCUT2D eigenvalue weighted by Crippen LogP contribution is -2.24. The van der Waals surface area contributed by atoms with Gasteiger partial charge in [0.05, 0.1) is 4.90 Å². The first-order chi connectivity index (χ1) is 9.95. The van der Waals surface area contributed by atoms with Crippen molar-refractivity contribution in [2.75, 3.05) is 18.9 Å². The van der Waals surface area contributed by atoms with Crippen LogP contribution < -0.4 is 10.0 Å². The fraction of sp³-hybridized carbons (Fsp3) is 0.625. The summed E-state index contributed by atoms with van der Waals surface area (Å²) in [6.45, 7) is 4.97. The molecule has 0 heterocycles. The van der Waals surface area contributed by atoms with Crippen molar-refractivity contribution >= 4 is 15.7 Å². The number of rotatable bonds is 10. The number of sulfonamides is 1. The highest BCUT2D eigenvalue weighted by Crippen LogP contribution is 2.13. The van der Waals surface area contributed by atoms with Crippen LogP contribution in [0.25, 0.3) is 0 Å². The zero-order chi connectivity index (χ0) is 15.7. The van der Waals surface area contributed by atoms with Crippen molar-refractivity contribution in [1.82, 2.24) is 4.72 Å². The molecule has 0 unspecified atom stereocenters. The van der Waals surface area contributed by atoms with Crippen LogP contribution in [0.3, 0.4) is 0 Å². The summed E-state index contributed by atoms with van der Waals surface area (Å²) in [5.74, 6) is 0.754. The third-order valence-electron chi connectivity index (χ3n) is 3.45. The Kier molecular flexibility index (Phi) is 7.75. The van der Waals surface area contributed by atoms with Gasteiger partial charge < -0.3 is 5.32 Å². The highest BCUT2D eigenvalue weighted by atomic mass is 32.2. The molecule has 2 N–H and O–H groups in total. The van der Waals surface area contributed by atoms with Crippen LogP contribution in [0.15, 0.2) is 29.2 Å². The summed E-state index contributed by atoms with van der Waals surface area (Å²) in [5, 5.41) is 2.97. The molecule has 0 saturated carbocycles. The van der Waals surface area contributed by atoms with Gasteiger partial charge in [0.15, 0.2) is 0 Å². The van der Waals surface area contributed by atoms with Crippen LogP contribution in [0.5, 0.6) is 0 Å². The Morgan fingerprint density at radius 3 is 2.19 bits per heavy atom. The number of benzene rings is 1. The predicted octanol–water partition coefficient (Wildman–Crippen LogP) is 3.61. The topological polar surface area (TPSA) is 58.2 Å². The van der Waals surface area contributed by atoms with Crippen LogP contribution in [-0.2, 0) is 10.0 Å². The monoisotopic (exact) mass is 312 g/mol. The van der Waals surface area contributed by atoms with E-state index in [0.29, 0.717) is 11.4 Å². The van der Waals surface area contributed by atoms with Gasteiger partial charge in [-0.3, -0.25) is 0 Å². The van der Waals surface area contributed by atoms with Crippen molar-refractivity contribution in [2.24, 2.45) is 5.92 Å². The minimum absolute atomic E-state index is 0.321. The molecule has 0 bridgehead atoms. The quantitative estimate of drug-likeness (QED) is 0.649. The molecule has 0 aliphatic rings. The minimum atomic E-state index is -3.37.